The van der Waals surface area contributed by atoms with Gasteiger partial charge >= 0.3 is 0 Å². The number of hydrogen-bond acceptors (Lipinski definition) is 4. The summed E-state index contributed by atoms with van der Waals surface area (Å²) in [6, 6.07) is 10.3. The van der Waals surface area contributed by atoms with Gasteiger partial charge in [0.05, 0.1) is 5.56 Å². The molecule has 0 atom stereocenters. The molecule has 2 heterocycles. The molecule has 0 bridgehead atoms. The van der Waals surface area contributed by atoms with Gasteiger partial charge < -0.3 is 4.90 Å². The summed E-state index contributed by atoms with van der Waals surface area (Å²) < 4.78 is 13.9. The van der Waals surface area contributed by atoms with Gasteiger partial charge in [0, 0.05) is 43.8 Å². The van der Waals surface area contributed by atoms with Gasteiger partial charge in [-0.1, -0.05) is 18.2 Å². The van der Waals surface area contributed by atoms with Gasteiger partial charge in [-0.3, -0.25) is 4.98 Å². The molecule has 0 radical (unpaired) electrons. The number of benzene rings is 1. The summed E-state index contributed by atoms with van der Waals surface area (Å²) in [4.78, 5) is 14.9. The molecule has 22 heavy (non-hydrogen) atoms. The quantitative estimate of drug-likeness (QED) is 0.742. The number of aromatic nitrogens is 3. The van der Waals surface area contributed by atoms with Gasteiger partial charge in [0.1, 0.15) is 11.6 Å². The Hall–Kier alpha value is -2.82. The highest BCUT2D eigenvalue weighted by molar-refractivity contribution is 5.76. The number of anilines is 1. The van der Waals surface area contributed by atoms with Gasteiger partial charge in [0.2, 0.25) is 0 Å². The first kappa shape index (κ1) is 14.1. The lowest BCUT2D eigenvalue weighted by Gasteiger charge is -2.17. The van der Waals surface area contributed by atoms with E-state index in [0.717, 1.165) is 16.9 Å². The average molecular weight is 294 g/mol. The molecule has 0 unspecified atom stereocenters. The molecule has 0 aliphatic rings. The molecule has 0 aliphatic heterocycles. The molecule has 3 rings (SSSR count). The fraction of sp³-hybridized carbons (Fsp3) is 0.118. The van der Waals surface area contributed by atoms with Gasteiger partial charge in [0.25, 0.3) is 0 Å². The van der Waals surface area contributed by atoms with Gasteiger partial charge in [-0.2, -0.15) is 0 Å². The Labute approximate surface area is 128 Å². The van der Waals surface area contributed by atoms with E-state index in [9.17, 15) is 4.39 Å². The number of hydrogen-bond donors (Lipinski definition) is 0. The Balaban J connectivity index is 2.15. The molecule has 0 spiro atoms. The molecule has 0 fully saturated rings. The number of halogens is 1. The Bertz CT molecular complexity index is 788. The van der Waals surface area contributed by atoms with Crippen LogP contribution < -0.4 is 4.90 Å². The molecule has 0 saturated heterocycles. The minimum atomic E-state index is -0.332. The van der Waals surface area contributed by atoms with Crippen LogP contribution in [0.15, 0.2) is 55.0 Å². The molecule has 0 saturated carbocycles. The second-order valence-electron chi connectivity index (χ2n) is 5.05. The standard InChI is InChI=1S/C17H15FN4/c1-22(2)17-14(12-6-5-9-19-10-12)11-20-16(21-17)13-7-3-4-8-15(13)18/h3-11H,1-2H3. The Morgan fingerprint density at radius 1 is 0.955 bits per heavy atom. The van der Waals surface area contributed by atoms with E-state index in [2.05, 4.69) is 15.0 Å². The molecule has 3 aromatic rings. The van der Waals surface area contributed by atoms with Crippen molar-refractivity contribution in [2.75, 3.05) is 19.0 Å². The Kier molecular flexibility index (Phi) is 3.78. The highest BCUT2D eigenvalue weighted by atomic mass is 19.1. The van der Waals surface area contributed by atoms with E-state index in [0.29, 0.717) is 11.4 Å². The Morgan fingerprint density at radius 2 is 1.77 bits per heavy atom. The first-order valence-corrected chi connectivity index (χ1v) is 6.86. The van der Waals surface area contributed by atoms with Gasteiger partial charge in [-0.05, 0) is 18.2 Å². The van der Waals surface area contributed by atoms with E-state index in [4.69, 9.17) is 0 Å². The maximum atomic E-state index is 13.9. The van der Waals surface area contributed by atoms with Crippen molar-refractivity contribution in [2.45, 2.75) is 0 Å². The maximum Gasteiger partial charge on any atom is 0.164 e. The smallest absolute Gasteiger partial charge is 0.164 e. The summed E-state index contributed by atoms with van der Waals surface area (Å²) in [7, 11) is 3.79. The van der Waals surface area contributed by atoms with E-state index >= 15 is 0 Å². The van der Waals surface area contributed by atoms with E-state index in [1.807, 2.05) is 31.1 Å². The minimum absolute atomic E-state index is 0.332. The zero-order valence-electron chi connectivity index (χ0n) is 12.4. The summed E-state index contributed by atoms with van der Waals surface area (Å²) in [6.07, 6.45) is 5.18. The third-order valence-corrected chi connectivity index (χ3v) is 3.28. The van der Waals surface area contributed by atoms with Crippen LogP contribution in [-0.4, -0.2) is 29.0 Å². The molecular formula is C17H15FN4. The average Bonchev–Trinajstić information content (AvgIpc) is 2.55. The molecule has 0 aliphatic carbocycles. The van der Waals surface area contributed by atoms with Crippen molar-refractivity contribution in [1.82, 2.24) is 15.0 Å². The zero-order chi connectivity index (χ0) is 15.5. The van der Waals surface area contributed by atoms with Crippen LogP contribution in [0.3, 0.4) is 0 Å². The normalized spacial score (nSPS) is 10.5. The molecular weight excluding hydrogens is 279 g/mol. The van der Waals surface area contributed by atoms with Crippen molar-refractivity contribution in [1.29, 1.82) is 0 Å². The first-order chi connectivity index (χ1) is 10.7. The molecule has 110 valence electrons. The van der Waals surface area contributed by atoms with Crippen LogP contribution in [0.4, 0.5) is 10.2 Å². The van der Waals surface area contributed by atoms with Crippen LogP contribution in [0.25, 0.3) is 22.5 Å². The van der Waals surface area contributed by atoms with Gasteiger partial charge in [-0.25, -0.2) is 14.4 Å². The van der Waals surface area contributed by atoms with Crippen molar-refractivity contribution < 1.29 is 4.39 Å². The third kappa shape index (κ3) is 2.65. The van der Waals surface area contributed by atoms with E-state index in [1.165, 1.54) is 6.07 Å². The summed E-state index contributed by atoms with van der Waals surface area (Å²) in [6.45, 7) is 0. The van der Waals surface area contributed by atoms with E-state index < -0.39 is 0 Å². The highest BCUT2D eigenvalue weighted by Gasteiger charge is 2.14. The Morgan fingerprint density at radius 3 is 2.45 bits per heavy atom. The molecule has 2 aromatic heterocycles. The monoisotopic (exact) mass is 294 g/mol. The summed E-state index contributed by atoms with van der Waals surface area (Å²) in [5.41, 5.74) is 2.17. The highest BCUT2D eigenvalue weighted by Crippen LogP contribution is 2.29. The van der Waals surface area contributed by atoms with Crippen molar-refractivity contribution in [3.05, 3.63) is 60.8 Å². The zero-order valence-corrected chi connectivity index (χ0v) is 12.4. The van der Waals surface area contributed by atoms with Crippen LogP contribution in [-0.2, 0) is 0 Å². The third-order valence-electron chi connectivity index (χ3n) is 3.28. The SMILES string of the molecule is CN(C)c1nc(-c2ccccc2F)ncc1-c1cccnc1. The summed E-state index contributed by atoms with van der Waals surface area (Å²) >= 11 is 0. The van der Waals surface area contributed by atoms with Crippen LogP contribution >= 0.6 is 0 Å². The topological polar surface area (TPSA) is 41.9 Å². The van der Waals surface area contributed by atoms with Crippen molar-refractivity contribution >= 4 is 5.82 Å². The van der Waals surface area contributed by atoms with E-state index in [-0.39, 0.29) is 5.82 Å². The fourth-order valence-electron chi connectivity index (χ4n) is 2.21. The van der Waals surface area contributed by atoms with Gasteiger partial charge in [0.15, 0.2) is 5.82 Å². The molecule has 4 nitrogen and oxygen atoms in total. The van der Waals surface area contributed by atoms with Crippen LogP contribution in [0.5, 0.6) is 0 Å². The molecule has 0 amide bonds. The van der Waals surface area contributed by atoms with Gasteiger partial charge in [-0.15, -0.1) is 0 Å². The van der Waals surface area contributed by atoms with Crippen molar-refractivity contribution in [3.8, 4) is 22.5 Å². The second-order valence-corrected chi connectivity index (χ2v) is 5.05. The summed E-state index contributed by atoms with van der Waals surface area (Å²) in [5, 5.41) is 0. The van der Waals surface area contributed by atoms with Crippen LogP contribution in [0.1, 0.15) is 0 Å². The lowest BCUT2D eigenvalue weighted by atomic mass is 10.1. The maximum absolute atomic E-state index is 13.9. The van der Waals surface area contributed by atoms with Crippen LogP contribution in [0.2, 0.25) is 0 Å². The minimum Gasteiger partial charge on any atom is -0.362 e. The molecule has 0 N–H and O–H groups in total. The van der Waals surface area contributed by atoms with Crippen molar-refractivity contribution in [3.63, 3.8) is 0 Å². The van der Waals surface area contributed by atoms with Crippen LogP contribution in [0, 0.1) is 5.82 Å². The van der Waals surface area contributed by atoms with E-state index in [1.54, 1.807) is 36.8 Å². The predicted molar refractivity (Wildman–Crippen MR) is 85.0 cm³/mol. The lowest BCUT2D eigenvalue weighted by molar-refractivity contribution is 0.630. The summed E-state index contributed by atoms with van der Waals surface area (Å²) in [5.74, 6) is 0.761. The number of nitrogens with zero attached hydrogens (tertiary/aromatic N) is 4. The lowest BCUT2D eigenvalue weighted by Crippen LogP contribution is -2.13. The number of rotatable bonds is 3. The predicted octanol–water partition coefficient (Wildman–Crippen LogP) is 3.41. The second kappa shape index (κ2) is 5.89. The van der Waals surface area contributed by atoms with Crippen molar-refractivity contribution in [2.24, 2.45) is 0 Å². The molecule has 1 aromatic carbocycles. The number of pyridine rings is 1. The largest absolute Gasteiger partial charge is 0.362 e. The molecule has 5 heteroatoms. The first-order valence-electron chi connectivity index (χ1n) is 6.86. The fourth-order valence-corrected chi connectivity index (χ4v) is 2.21.